The molecule has 4 rings (SSSR count). The Labute approximate surface area is 187 Å². The number of hydrogen-bond donors (Lipinski definition) is 1. The summed E-state index contributed by atoms with van der Waals surface area (Å²) in [5, 5.41) is 3.76. The number of hydrogen-bond acceptors (Lipinski definition) is 5. The highest BCUT2D eigenvalue weighted by atomic mass is 32.2. The second-order valence-corrected chi connectivity index (χ2v) is 8.75. The Balaban J connectivity index is 1.38. The topological polar surface area (TPSA) is 54.5 Å². The van der Waals surface area contributed by atoms with Crippen molar-refractivity contribution >= 4 is 17.7 Å². The molecular weight excluding hydrogens is 406 g/mol. The van der Waals surface area contributed by atoms with E-state index in [1.54, 1.807) is 12.3 Å². The number of aromatic nitrogens is 1. The average molecular weight is 434 g/mol. The van der Waals surface area contributed by atoms with Gasteiger partial charge >= 0.3 is 0 Å². The third-order valence-electron chi connectivity index (χ3n) is 5.15. The number of carbonyl (C=O) groups excluding carboxylic acids is 1. The lowest BCUT2D eigenvalue weighted by molar-refractivity contribution is -0.0212. The number of pyridine rings is 1. The van der Waals surface area contributed by atoms with Gasteiger partial charge in [0.2, 0.25) is 0 Å². The molecule has 1 N–H and O–H groups in total. The van der Waals surface area contributed by atoms with Crippen molar-refractivity contribution in [3.63, 3.8) is 0 Å². The lowest BCUT2D eigenvalue weighted by atomic mass is 10.1. The average Bonchev–Trinajstić information content (AvgIpc) is 2.79. The van der Waals surface area contributed by atoms with E-state index in [0.29, 0.717) is 17.1 Å². The van der Waals surface area contributed by atoms with Crippen LogP contribution in [0.2, 0.25) is 0 Å². The molecule has 2 aromatic carbocycles. The molecule has 0 saturated carbocycles. The molecule has 0 aliphatic carbocycles. The number of nitrogens with one attached hydrogen (secondary N) is 1. The maximum atomic E-state index is 12.9. The van der Waals surface area contributed by atoms with Gasteiger partial charge in [0.25, 0.3) is 5.91 Å². The number of benzene rings is 2. The first-order chi connectivity index (χ1) is 15.2. The molecule has 2 heterocycles. The zero-order valence-corrected chi connectivity index (χ0v) is 18.5. The van der Waals surface area contributed by atoms with Gasteiger partial charge in [0.05, 0.1) is 18.3 Å². The van der Waals surface area contributed by atoms with E-state index < -0.39 is 0 Å². The van der Waals surface area contributed by atoms with Crippen LogP contribution in [-0.4, -0.2) is 41.6 Å². The summed E-state index contributed by atoms with van der Waals surface area (Å²) in [7, 11) is 0. The highest BCUT2D eigenvalue weighted by Gasteiger charge is 2.17. The van der Waals surface area contributed by atoms with Gasteiger partial charge in [-0.05, 0) is 42.3 Å². The fraction of sp³-hybridized carbons (Fsp3) is 0.280. The Morgan fingerprint density at radius 1 is 1.13 bits per heavy atom. The minimum absolute atomic E-state index is 0.112. The van der Waals surface area contributed by atoms with E-state index in [1.807, 2.05) is 36.4 Å². The summed E-state index contributed by atoms with van der Waals surface area (Å²) in [6, 6.07) is 22.0. The van der Waals surface area contributed by atoms with Gasteiger partial charge in [-0.25, -0.2) is 4.98 Å². The molecule has 1 aromatic heterocycles. The summed E-state index contributed by atoms with van der Waals surface area (Å²) < 4.78 is 5.63. The predicted octanol–water partition coefficient (Wildman–Crippen LogP) is 4.38. The van der Waals surface area contributed by atoms with Crippen molar-refractivity contribution < 1.29 is 9.53 Å². The largest absolute Gasteiger partial charge is 0.376 e. The molecule has 6 heteroatoms. The van der Waals surface area contributed by atoms with Crippen molar-refractivity contribution in [1.29, 1.82) is 0 Å². The normalized spacial score (nSPS) is 16.7. The zero-order valence-electron chi connectivity index (χ0n) is 17.7. The predicted molar refractivity (Wildman–Crippen MR) is 123 cm³/mol. The van der Waals surface area contributed by atoms with E-state index in [2.05, 4.69) is 46.4 Å². The lowest BCUT2D eigenvalue weighted by Crippen LogP contribution is -2.40. The quantitative estimate of drug-likeness (QED) is 0.599. The minimum atomic E-state index is -0.112. The Hall–Kier alpha value is -2.67. The molecule has 1 fully saturated rings. The van der Waals surface area contributed by atoms with Crippen LogP contribution >= 0.6 is 11.8 Å². The Morgan fingerprint density at radius 2 is 1.97 bits per heavy atom. The summed E-state index contributed by atoms with van der Waals surface area (Å²) in [6.07, 6.45) is 2.00. The lowest BCUT2D eigenvalue weighted by Gasteiger charge is -2.31. The van der Waals surface area contributed by atoms with E-state index in [9.17, 15) is 4.79 Å². The van der Waals surface area contributed by atoms with Gasteiger partial charge < -0.3 is 10.1 Å². The Morgan fingerprint density at radius 3 is 2.81 bits per heavy atom. The van der Waals surface area contributed by atoms with Crippen LogP contribution < -0.4 is 5.32 Å². The fourth-order valence-electron chi connectivity index (χ4n) is 3.65. The first-order valence-corrected chi connectivity index (χ1v) is 11.4. The Bertz CT molecular complexity index is 1010. The molecule has 1 aliphatic rings. The van der Waals surface area contributed by atoms with Crippen molar-refractivity contribution in [3.05, 3.63) is 89.6 Å². The van der Waals surface area contributed by atoms with Gasteiger partial charge in [0, 0.05) is 37.3 Å². The maximum Gasteiger partial charge on any atom is 0.254 e. The molecule has 31 heavy (non-hydrogen) atoms. The number of nitrogens with zero attached hydrogens (tertiary/aromatic N) is 2. The molecule has 160 valence electrons. The van der Waals surface area contributed by atoms with Crippen molar-refractivity contribution in [2.24, 2.45) is 0 Å². The van der Waals surface area contributed by atoms with Crippen LogP contribution in [0.3, 0.4) is 0 Å². The molecule has 1 unspecified atom stereocenters. The van der Waals surface area contributed by atoms with Crippen molar-refractivity contribution in [3.8, 4) is 0 Å². The van der Waals surface area contributed by atoms with Crippen LogP contribution in [0, 0.1) is 0 Å². The number of amides is 1. The summed E-state index contributed by atoms with van der Waals surface area (Å²) in [5.74, 6) is -0.112. The first-order valence-electron chi connectivity index (χ1n) is 10.6. The van der Waals surface area contributed by atoms with Gasteiger partial charge in [0.15, 0.2) is 0 Å². The number of rotatable bonds is 7. The van der Waals surface area contributed by atoms with Crippen molar-refractivity contribution in [1.82, 2.24) is 15.2 Å². The molecule has 0 bridgehead atoms. The molecule has 1 atom stereocenters. The second-order valence-electron chi connectivity index (χ2n) is 7.69. The first kappa shape index (κ1) is 21.6. The minimum Gasteiger partial charge on any atom is -0.376 e. The molecule has 1 saturated heterocycles. The van der Waals surface area contributed by atoms with Gasteiger partial charge in [0.1, 0.15) is 5.03 Å². The van der Waals surface area contributed by atoms with Gasteiger partial charge in [-0.2, -0.15) is 0 Å². The summed E-state index contributed by atoms with van der Waals surface area (Å²) in [6.45, 7) is 6.18. The smallest absolute Gasteiger partial charge is 0.254 e. The molecule has 5 nitrogen and oxygen atoms in total. The third kappa shape index (κ3) is 6.17. The van der Waals surface area contributed by atoms with E-state index in [1.165, 1.54) is 17.3 Å². The summed E-state index contributed by atoms with van der Waals surface area (Å²) in [4.78, 5) is 20.8. The Kier molecular flexibility index (Phi) is 7.35. The summed E-state index contributed by atoms with van der Waals surface area (Å²) >= 11 is 1.50. The van der Waals surface area contributed by atoms with Gasteiger partial charge in [-0.15, -0.1) is 0 Å². The van der Waals surface area contributed by atoms with Crippen LogP contribution in [-0.2, 0) is 17.8 Å². The van der Waals surface area contributed by atoms with Crippen LogP contribution in [0.5, 0.6) is 0 Å². The van der Waals surface area contributed by atoms with Crippen LogP contribution in [0.4, 0.5) is 0 Å². The maximum absolute atomic E-state index is 12.9. The second kappa shape index (κ2) is 10.6. The van der Waals surface area contributed by atoms with E-state index in [0.717, 1.165) is 36.7 Å². The number of carbonyl (C=O) groups is 1. The third-order valence-corrected chi connectivity index (χ3v) is 6.18. The van der Waals surface area contributed by atoms with E-state index in [4.69, 9.17) is 4.74 Å². The molecule has 3 aromatic rings. The monoisotopic (exact) mass is 433 g/mol. The fourth-order valence-corrected chi connectivity index (χ4v) is 4.55. The molecule has 0 spiro atoms. The standard InChI is InChI=1S/C25H27N3O2S/c1-19-17-28(13-14-30-19)18-21-8-5-7-20(15-21)16-27-24(29)23-11-6-12-26-25(23)31-22-9-3-2-4-10-22/h2-12,15,19H,13-14,16-18H2,1H3,(H,27,29). The van der Waals surface area contributed by atoms with Crippen molar-refractivity contribution in [2.75, 3.05) is 19.7 Å². The van der Waals surface area contributed by atoms with Crippen LogP contribution in [0.15, 0.2) is 82.8 Å². The zero-order chi connectivity index (χ0) is 21.5. The number of morpholine rings is 1. The summed E-state index contributed by atoms with van der Waals surface area (Å²) in [5.41, 5.74) is 2.94. The highest BCUT2D eigenvalue weighted by molar-refractivity contribution is 7.99. The van der Waals surface area contributed by atoms with Crippen LogP contribution in [0.25, 0.3) is 0 Å². The van der Waals surface area contributed by atoms with E-state index in [-0.39, 0.29) is 12.0 Å². The number of ether oxygens (including phenoxy) is 1. The van der Waals surface area contributed by atoms with Gasteiger partial charge in [-0.1, -0.05) is 54.2 Å². The molecular formula is C25H27N3O2S. The molecule has 1 aliphatic heterocycles. The SMILES string of the molecule is CC1CN(Cc2cccc(CNC(=O)c3cccnc3Sc3ccccc3)c2)CCO1. The van der Waals surface area contributed by atoms with Crippen LogP contribution in [0.1, 0.15) is 28.4 Å². The molecule has 1 amide bonds. The van der Waals surface area contributed by atoms with Crippen molar-refractivity contribution in [2.45, 2.75) is 36.0 Å². The van der Waals surface area contributed by atoms with Gasteiger partial charge in [-0.3, -0.25) is 9.69 Å². The van der Waals surface area contributed by atoms with E-state index >= 15 is 0 Å². The highest BCUT2D eigenvalue weighted by Crippen LogP contribution is 2.28. The molecule has 0 radical (unpaired) electrons.